The van der Waals surface area contributed by atoms with Gasteiger partial charge in [0, 0.05) is 61.2 Å². The zero-order valence-electron chi connectivity index (χ0n) is 19.1. The zero-order valence-corrected chi connectivity index (χ0v) is 19.9. The lowest BCUT2D eigenvalue weighted by Crippen LogP contribution is -2.49. The van der Waals surface area contributed by atoms with Gasteiger partial charge in [-0.25, -0.2) is 9.00 Å². The van der Waals surface area contributed by atoms with Gasteiger partial charge in [0.05, 0.1) is 23.6 Å². The van der Waals surface area contributed by atoms with Gasteiger partial charge in [0.25, 0.3) is 0 Å². The third kappa shape index (κ3) is 6.00. The maximum atomic E-state index is 13.8. The molecule has 4 rings (SSSR count). The number of hydrogen-bond donors (Lipinski definition) is 1. The Labute approximate surface area is 199 Å². The van der Waals surface area contributed by atoms with E-state index in [0.29, 0.717) is 31.9 Å². The SMILES string of the molecule is C=S(C)(=O)Nc1cnn(C(=O)N2CCN(Cc3ccc(-c4nnc(C)o4)cc3C(F)(F)F)CC2)c1. The van der Waals surface area contributed by atoms with E-state index in [-0.39, 0.29) is 35.5 Å². The highest BCUT2D eigenvalue weighted by Crippen LogP contribution is 2.35. The quantitative estimate of drug-likeness (QED) is 0.525. The van der Waals surface area contributed by atoms with E-state index in [1.54, 1.807) is 11.8 Å². The predicted octanol–water partition coefficient (Wildman–Crippen LogP) is 2.72. The second-order valence-electron chi connectivity index (χ2n) is 8.32. The minimum absolute atomic E-state index is 0.0279. The van der Waals surface area contributed by atoms with Gasteiger partial charge in [-0.2, -0.15) is 23.0 Å². The molecule has 1 atom stereocenters. The number of hydrogen-bond acceptors (Lipinski definition) is 7. The van der Waals surface area contributed by atoms with E-state index in [1.807, 2.05) is 4.90 Å². The first-order valence-electron chi connectivity index (χ1n) is 10.6. The summed E-state index contributed by atoms with van der Waals surface area (Å²) >= 11 is 0. The lowest BCUT2D eigenvalue weighted by molar-refractivity contribution is -0.138. The number of benzene rings is 1. The highest BCUT2D eigenvalue weighted by atomic mass is 32.2. The van der Waals surface area contributed by atoms with Crippen molar-refractivity contribution in [2.75, 3.05) is 37.2 Å². The molecule has 0 aliphatic carbocycles. The van der Waals surface area contributed by atoms with Crippen LogP contribution >= 0.6 is 0 Å². The fourth-order valence-electron chi connectivity index (χ4n) is 3.74. The van der Waals surface area contributed by atoms with Crippen LogP contribution in [0.3, 0.4) is 0 Å². The Balaban J connectivity index is 1.42. The third-order valence-corrected chi connectivity index (χ3v) is 6.00. The number of rotatable bonds is 5. The van der Waals surface area contributed by atoms with Crippen LogP contribution in [0.1, 0.15) is 17.0 Å². The normalized spacial score (nSPS) is 16.8. The Kier molecular flexibility index (Phi) is 6.60. The number of alkyl halides is 3. The highest BCUT2D eigenvalue weighted by Gasteiger charge is 2.35. The number of amides is 1. The van der Waals surface area contributed by atoms with Gasteiger partial charge in [-0.15, -0.1) is 10.2 Å². The summed E-state index contributed by atoms with van der Waals surface area (Å²) in [6.07, 6.45) is -0.333. The molecule has 0 spiro atoms. The molecule has 1 fully saturated rings. The topological polar surface area (TPSA) is 109 Å². The fraction of sp³-hybridized carbons (Fsp3) is 0.381. The number of anilines is 1. The second kappa shape index (κ2) is 9.34. The maximum Gasteiger partial charge on any atom is 0.416 e. The lowest BCUT2D eigenvalue weighted by Gasteiger charge is -2.34. The van der Waals surface area contributed by atoms with Gasteiger partial charge in [0.15, 0.2) is 0 Å². The molecule has 10 nitrogen and oxygen atoms in total. The molecule has 1 aliphatic rings. The summed E-state index contributed by atoms with van der Waals surface area (Å²) in [6, 6.07) is 3.59. The van der Waals surface area contributed by atoms with Crippen LogP contribution in [0.2, 0.25) is 0 Å². The molecule has 14 heteroatoms. The molecular formula is C21H24F3N7O3S. The number of aryl methyl sites for hydroxylation is 1. The summed E-state index contributed by atoms with van der Waals surface area (Å²) in [5.74, 6) is 3.78. The predicted molar refractivity (Wildman–Crippen MR) is 124 cm³/mol. The van der Waals surface area contributed by atoms with Crippen molar-refractivity contribution in [3.63, 3.8) is 0 Å². The number of nitrogens with one attached hydrogen (secondary N) is 1. The molecule has 1 aliphatic heterocycles. The van der Waals surface area contributed by atoms with Crippen LogP contribution in [-0.4, -0.2) is 78.3 Å². The first kappa shape index (κ1) is 24.7. The van der Waals surface area contributed by atoms with Crippen molar-refractivity contribution >= 4 is 27.3 Å². The Morgan fingerprint density at radius 3 is 2.54 bits per heavy atom. The van der Waals surface area contributed by atoms with Gasteiger partial charge in [0.1, 0.15) is 0 Å². The fourth-order valence-corrected chi connectivity index (χ4v) is 4.34. The average molecular weight is 512 g/mol. The maximum absolute atomic E-state index is 13.8. The highest BCUT2D eigenvalue weighted by molar-refractivity contribution is 8.00. The summed E-state index contributed by atoms with van der Waals surface area (Å²) < 4.78 is 62.2. The molecule has 1 aromatic carbocycles. The van der Waals surface area contributed by atoms with Crippen LogP contribution in [0, 0.1) is 6.92 Å². The summed E-state index contributed by atoms with van der Waals surface area (Å²) in [7, 11) is -2.51. The molecule has 0 bridgehead atoms. The number of halogens is 3. The Morgan fingerprint density at radius 1 is 1.23 bits per heavy atom. The molecule has 1 N–H and O–H groups in total. The molecular weight excluding hydrogens is 487 g/mol. The second-order valence-corrected chi connectivity index (χ2v) is 10.5. The molecule has 35 heavy (non-hydrogen) atoms. The number of carbonyl (C=O) groups is 1. The average Bonchev–Trinajstić information content (AvgIpc) is 3.41. The van der Waals surface area contributed by atoms with E-state index in [2.05, 4.69) is 25.9 Å². The van der Waals surface area contributed by atoms with E-state index >= 15 is 0 Å². The molecule has 1 amide bonds. The summed E-state index contributed by atoms with van der Waals surface area (Å²) in [6.45, 7) is 3.06. The summed E-state index contributed by atoms with van der Waals surface area (Å²) in [5.41, 5.74) is -0.0449. The van der Waals surface area contributed by atoms with Gasteiger partial charge < -0.3 is 14.0 Å². The molecule has 188 valence electrons. The molecule has 1 unspecified atom stereocenters. The summed E-state index contributed by atoms with van der Waals surface area (Å²) in [4.78, 5) is 16.1. The summed E-state index contributed by atoms with van der Waals surface area (Å²) in [5, 5.41) is 11.4. The Hall–Kier alpha value is -3.39. The van der Waals surface area contributed by atoms with Crippen molar-refractivity contribution in [1.82, 2.24) is 29.8 Å². The van der Waals surface area contributed by atoms with Gasteiger partial charge in [-0.1, -0.05) is 6.07 Å². The van der Waals surface area contributed by atoms with Gasteiger partial charge in [-0.3, -0.25) is 4.90 Å². The van der Waals surface area contributed by atoms with Crippen molar-refractivity contribution < 1.29 is 26.6 Å². The minimum atomic E-state index is -4.56. The van der Waals surface area contributed by atoms with E-state index in [1.165, 1.54) is 30.8 Å². The van der Waals surface area contributed by atoms with Crippen LogP contribution in [0.5, 0.6) is 0 Å². The monoisotopic (exact) mass is 511 g/mol. The molecule has 3 aromatic rings. The molecule has 1 saturated heterocycles. The standard InChI is InChI=1S/C21H24F3N7O3S/c1-14-26-27-19(34-14)15-4-5-16(18(10-15)21(22,23)24)12-29-6-8-30(9-7-29)20(32)31-13-17(11-25-31)28-35(2,3)33/h4-5,10-11,13H,2,6-9,12H2,1,3H3,(H,28,33). The van der Waals surface area contributed by atoms with Crippen molar-refractivity contribution in [3.05, 3.63) is 47.6 Å². The first-order valence-corrected chi connectivity index (χ1v) is 12.7. The van der Waals surface area contributed by atoms with Crippen LogP contribution in [0.15, 0.2) is 35.0 Å². The minimum Gasteiger partial charge on any atom is -0.421 e. The van der Waals surface area contributed by atoms with Gasteiger partial charge in [-0.05, 0) is 23.6 Å². The van der Waals surface area contributed by atoms with Crippen LogP contribution in [-0.2, 0) is 22.4 Å². The third-order valence-electron chi connectivity index (χ3n) is 5.34. The zero-order chi connectivity index (χ0) is 25.4. The van der Waals surface area contributed by atoms with Crippen LogP contribution < -0.4 is 4.72 Å². The molecule has 3 heterocycles. The van der Waals surface area contributed by atoms with E-state index < -0.39 is 21.4 Å². The van der Waals surface area contributed by atoms with E-state index in [0.717, 1.165) is 10.7 Å². The number of carbonyl (C=O) groups excluding carboxylic acids is 1. The van der Waals surface area contributed by atoms with Crippen LogP contribution in [0.25, 0.3) is 11.5 Å². The van der Waals surface area contributed by atoms with Gasteiger partial charge >= 0.3 is 12.2 Å². The Bertz CT molecular complexity index is 1330. The smallest absolute Gasteiger partial charge is 0.416 e. The molecule has 0 saturated carbocycles. The first-order chi connectivity index (χ1) is 16.4. The number of piperazine rings is 1. The Morgan fingerprint density at radius 2 is 1.94 bits per heavy atom. The molecule has 2 aromatic heterocycles. The lowest BCUT2D eigenvalue weighted by atomic mass is 10.0. The molecule has 0 radical (unpaired) electrons. The van der Waals surface area contributed by atoms with Crippen molar-refractivity contribution in [2.24, 2.45) is 0 Å². The van der Waals surface area contributed by atoms with Crippen molar-refractivity contribution in [3.8, 4) is 11.5 Å². The van der Waals surface area contributed by atoms with E-state index in [4.69, 9.17) is 4.42 Å². The van der Waals surface area contributed by atoms with Crippen LogP contribution in [0.4, 0.5) is 23.7 Å². The van der Waals surface area contributed by atoms with Gasteiger partial charge in [0.2, 0.25) is 11.8 Å². The number of aromatic nitrogens is 4. The largest absolute Gasteiger partial charge is 0.421 e. The van der Waals surface area contributed by atoms with E-state index in [9.17, 15) is 22.2 Å². The van der Waals surface area contributed by atoms with Crippen molar-refractivity contribution in [1.29, 1.82) is 0 Å². The number of nitrogens with zero attached hydrogens (tertiary/aromatic N) is 6. The van der Waals surface area contributed by atoms with Crippen molar-refractivity contribution in [2.45, 2.75) is 19.6 Å².